The second-order valence-corrected chi connectivity index (χ2v) is 4.35. The van der Waals surface area contributed by atoms with E-state index in [-0.39, 0.29) is 11.5 Å². The van der Waals surface area contributed by atoms with Crippen LogP contribution in [0.3, 0.4) is 0 Å². The van der Waals surface area contributed by atoms with E-state index < -0.39 is 4.92 Å². The Bertz CT molecular complexity index is 444. The molecule has 0 radical (unpaired) electrons. The molecule has 98 valence electrons. The van der Waals surface area contributed by atoms with E-state index in [1.54, 1.807) is 19.1 Å². The van der Waals surface area contributed by atoms with Crippen molar-refractivity contribution in [3.05, 3.63) is 16.4 Å². The molecule has 0 bridgehead atoms. The van der Waals surface area contributed by atoms with Gasteiger partial charge in [-0.15, -0.1) is 0 Å². The van der Waals surface area contributed by atoms with Crippen molar-refractivity contribution < 1.29 is 4.92 Å². The van der Waals surface area contributed by atoms with E-state index in [1.165, 1.54) is 6.33 Å². The van der Waals surface area contributed by atoms with Gasteiger partial charge in [0.05, 0.1) is 4.92 Å². The molecule has 0 atom stereocenters. The van der Waals surface area contributed by atoms with Crippen LogP contribution in [0.2, 0.25) is 0 Å². The zero-order chi connectivity index (χ0) is 13.1. The molecule has 0 unspecified atom stereocenters. The first kappa shape index (κ1) is 12.5. The van der Waals surface area contributed by atoms with Gasteiger partial charge in [0.1, 0.15) is 6.33 Å². The van der Waals surface area contributed by atoms with Crippen LogP contribution in [-0.4, -0.2) is 47.1 Å². The summed E-state index contributed by atoms with van der Waals surface area (Å²) in [6, 6.07) is 0. The summed E-state index contributed by atoms with van der Waals surface area (Å²) in [7, 11) is 3.50. The Morgan fingerprint density at radius 2 is 2.06 bits per heavy atom. The van der Waals surface area contributed by atoms with E-state index in [1.807, 2.05) is 4.90 Å². The number of nitrogens with zero attached hydrogens (tertiary/aromatic N) is 5. The molecule has 18 heavy (non-hydrogen) atoms. The molecule has 1 aliphatic heterocycles. The highest BCUT2D eigenvalue weighted by atomic mass is 16.6. The zero-order valence-electron chi connectivity index (χ0n) is 10.5. The van der Waals surface area contributed by atoms with Crippen molar-refractivity contribution in [3.8, 4) is 0 Å². The molecule has 1 fully saturated rings. The lowest BCUT2D eigenvalue weighted by molar-refractivity contribution is -0.383. The summed E-state index contributed by atoms with van der Waals surface area (Å²) in [5.41, 5.74) is 2.77. The minimum Gasteiger partial charge on any atom is -0.351 e. The molecule has 2 rings (SSSR count). The minimum absolute atomic E-state index is 0.0619. The lowest BCUT2D eigenvalue weighted by Gasteiger charge is -2.18. The number of hydrazine groups is 1. The Labute approximate surface area is 105 Å². The number of nitro groups is 1. The van der Waals surface area contributed by atoms with E-state index in [2.05, 4.69) is 15.4 Å². The minimum atomic E-state index is -0.431. The van der Waals surface area contributed by atoms with Gasteiger partial charge in [0.25, 0.3) is 0 Å². The van der Waals surface area contributed by atoms with Crippen LogP contribution in [0.4, 0.5) is 17.3 Å². The fraction of sp³-hybridized carbons (Fsp3) is 0.600. The van der Waals surface area contributed by atoms with Crippen molar-refractivity contribution in [1.82, 2.24) is 15.0 Å². The quantitative estimate of drug-likeness (QED) is 0.628. The molecule has 8 nitrogen and oxygen atoms in total. The summed E-state index contributed by atoms with van der Waals surface area (Å²) in [4.78, 5) is 20.7. The van der Waals surface area contributed by atoms with Crippen LogP contribution in [0, 0.1) is 10.1 Å². The molecule has 0 amide bonds. The summed E-state index contributed by atoms with van der Waals surface area (Å²) < 4.78 is 0. The normalized spacial score (nSPS) is 15.2. The van der Waals surface area contributed by atoms with Crippen LogP contribution in [0.5, 0.6) is 0 Å². The second kappa shape index (κ2) is 5.13. The van der Waals surface area contributed by atoms with Gasteiger partial charge in [-0.05, 0) is 12.8 Å². The van der Waals surface area contributed by atoms with E-state index in [4.69, 9.17) is 0 Å². The lowest BCUT2D eigenvalue weighted by Crippen LogP contribution is -2.24. The molecule has 0 aliphatic carbocycles. The van der Waals surface area contributed by atoms with Crippen LogP contribution >= 0.6 is 0 Å². The SMILES string of the molecule is CN(C)Nc1ncnc(N2CCCC2)c1[N+](=O)[O-]. The molecule has 0 saturated carbocycles. The molecule has 0 aromatic carbocycles. The average Bonchev–Trinajstić information content (AvgIpc) is 2.80. The topological polar surface area (TPSA) is 87.4 Å². The molecular weight excluding hydrogens is 236 g/mol. The van der Waals surface area contributed by atoms with Crippen molar-refractivity contribution >= 4 is 17.3 Å². The second-order valence-electron chi connectivity index (χ2n) is 4.35. The number of hydrogen-bond acceptors (Lipinski definition) is 7. The molecule has 1 aromatic rings. The highest BCUT2D eigenvalue weighted by Crippen LogP contribution is 2.33. The third-order valence-corrected chi connectivity index (χ3v) is 2.72. The number of aromatic nitrogens is 2. The van der Waals surface area contributed by atoms with Gasteiger partial charge in [-0.2, -0.15) is 0 Å². The maximum absolute atomic E-state index is 11.2. The molecule has 8 heteroatoms. The van der Waals surface area contributed by atoms with Gasteiger partial charge in [0.2, 0.25) is 11.6 Å². The third-order valence-electron chi connectivity index (χ3n) is 2.72. The fourth-order valence-electron chi connectivity index (χ4n) is 1.99. The summed E-state index contributed by atoms with van der Waals surface area (Å²) in [5.74, 6) is 0.624. The van der Waals surface area contributed by atoms with Gasteiger partial charge < -0.3 is 4.90 Å². The van der Waals surface area contributed by atoms with Crippen LogP contribution in [-0.2, 0) is 0 Å². The van der Waals surface area contributed by atoms with Gasteiger partial charge in [0, 0.05) is 27.2 Å². The van der Waals surface area contributed by atoms with E-state index in [0.29, 0.717) is 5.82 Å². The molecule has 0 spiro atoms. The summed E-state index contributed by atoms with van der Waals surface area (Å²) >= 11 is 0. The predicted octanol–water partition coefficient (Wildman–Crippen LogP) is 0.874. The van der Waals surface area contributed by atoms with Crippen molar-refractivity contribution in [2.24, 2.45) is 0 Å². The van der Waals surface area contributed by atoms with Crippen LogP contribution in [0.1, 0.15) is 12.8 Å². The van der Waals surface area contributed by atoms with E-state index in [9.17, 15) is 10.1 Å². The third kappa shape index (κ3) is 2.48. The van der Waals surface area contributed by atoms with Gasteiger partial charge in [0.15, 0.2) is 0 Å². The van der Waals surface area contributed by atoms with Crippen molar-refractivity contribution in [2.45, 2.75) is 12.8 Å². The maximum Gasteiger partial charge on any atom is 0.354 e. The van der Waals surface area contributed by atoms with Crippen molar-refractivity contribution in [3.63, 3.8) is 0 Å². The molecule has 1 aromatic heterocycles. The molecule has 1 N–H and O–H groups in total. The first-order valence-electron chi connectivity index (χ1n) is 5.78. The summed E-state index contributed by atoms with van der Waals surface area (Å²) in [5, 5.41) is 12.8. The molecule has 1 saturated heterocycles. The summed E-state index contributed by atoms with van der Waals surface area (Å²) in [6.07, 6.45) is 3.43. The van der Waals surface area contributed by atoms with Crippen LogP contribution in [0.25, 0.3) is 0 Å². The Hall–Kier alpha value is -1.96. The Balaban J connectivity index is 2.41. The summed E-state index contributed by atoms with van der Waals surface area (Å²) in [6.45, 7) is 1.61. The molecule has 1 aliphatic rings. The standard InChI is InChI=1S/C10H16N6O2/c1-14(2)13-9-8(16(17)18)10(12-7-11-9)15-5-3-4-6-15/h7H,3-6H2,1-2H3,(H,11,12,13). The Morgan fingerprint density at radius 3 is 2.61 bits per heavy atom. The predicted molar refractivity (Wildman–Crippen MR) is 67.4 cm³/mol. The van der Waals surface area contributed by atoms with Gasteiger partial charge in [-0.3, -0.25) is 15.5 Å². The van der Waals surface area contributed by atoms with Gasteiger partial charge >= 0.3 is 5.69 Å². The van der Waals surface area contributed by atoms with Gasteiger partial charge in [-0.25, -0.2) is 15.0 Å². The highest BCUT2D eigenvalue weighted by molar-refractivity contribution is 5.70. The van der Waals surface area contributed by atoms with Crippen molar-refractivity contribution in [1.29, 1.82) is 0 Å². The van der Waals surface area contributed by atoms with Crippen LogP contribution in [0.15, 0.2) is 6.33 Å². The smallest absolute Gasteiger partial charge is 0.351 e. The average molecular weight is 252 g/mol. The lowest BCUT2D eigenvalue weighted by atomic mass is 10.4. The first-order chi connectivity index (χ1) is 8.59. The van der Waals surface area contributed by atoms with Crippen LogP contribution < -0.4 is 10.3 Å². The monoisotopic (exact) mass is 252 g/mol. The Kier molecular flexibility index (Phi) is 3.56. The molecular formula is C10H16N6O2. The number of rotatable bonds is 4. The largest absolute Gasteiger partial charge is 0.354 e. The van der Waals surface area contributed by atoms with E-state index in [0.717, 1.165) is 25.9 Å². The van der Waals surface area contributed by atoms with Gasteiger partial charge in [-0.1, -0.05) is 0 Å². The van der Waals surface area contributed by atoms with E-state index >= 15 is 0 Å². The molecule has 2 heterocycles. The Morgan fingerprint density at radius 1 is 1.39 bits per heavy atom. The maximum atomic E-state index is 11.2. The number of hydrogen-bond donors (Lipinski definition) is 1. The fourth-order valence-corrected chi connectivity index (χ4v) is 1.99. The van der Waals surface area contributed by atoms with Crippen molar-refractivity contribution in [2.75, 3.05) is 37.5 Å². The first-order valence-corrected chi connectivity index (χ1v) is 5.78. The zero-order valence-corrected chi connectivity index (χ0v) is 10.5. The highest BCUT2D eigenvalue weighted by Gasteiger charge is 2.28. The number of nitrogens with one attached hydrogen (secondary N) is 1. The number of anilines is 2.